The third-order valence-electron chi connectivity index (χ3n) is 7.71. The fourth-order valence-corrected chi connectivity index (χ4v) is 4.84. The van der Waals surface area contributed by atoms with Crippen molar-refractivity contribution in [1.82, 2.24) is 10.3 Å². The molecule has 1 fully saturated rings. The summed E-state index contributed by atoms with van der Waals surface area (Å²) in [7, 11) is 0. The summed E-state index contributed by atoms with van der Waals surface area (Å²) in [6.45, 7) is 5.99. The number of nitrogens with zero attached hydrogens (tertiary/aromatic N) is 1. The van der Waals surface area contributed by atoms with E-state index in [1.165, 1.54) is 30.3 Å². The highest BCUT2D eigenvalue weighted by atomic mass is 19.4. The van der Waals surface area contributed by atoms with Crippen molar-refractivity contribution in [2.24, 2.45) is 5.41 Å². The minimum absolute atomic E-state index is 0.0557. The highest BCUT2D eigenvalue weighted by molar-refractivity contribution is 5.94. The number of ether oxygens (including phenoxy) is 2. The molecule has 1 aliphatic carbocycles. The predicted octanol–water partition coefficient (Wildman–Crippen LogP) is 6.44. The van der Waals surface area contributed by atoms with Crippen molar-refractivity contribution < 1.29 is 36.9 Å². The minimum atomic E-state index is -4.61. The van der Waals surface area contributed by atoms with Gasteiger partial charge in [-0.1, -0.05) is 20.8 Å². The first-order valence-electron chi connectivity index (χ1n) is 13.5. The topological polar surface area (TPSA) is 80.7 Å². The summed E-state index contributed by atoms with van der Waals surface area (Å²) >= 11 is 0. The average molecular weight is 573 g/mol. The Bertz CT molecular complexity index is 1460. The predicted molar refractivity (Wildman–Crippen MR) is 144 cm³/mol. The SMILES string of the molecule is Cc1cc(C(=O)NCC(O)(c2cc3c(c(-c4ccc(F)cc4)n2)OC[C@H]3C(F)(F)F)C(C)(C)C)ccc1OC1CC1. The molecule has 1 saturated carbocycles. The second kappa shape index (κ2) is 10.3. The van der Waals surface area contributed by atoms with Gasteiger partial charge in [0.1, 0.15) is 41.1 Å². The number of halogens is 4. The van der Waals surface area contributed by atoms with Gasteiger partial charge >= 0.3 is 6.18 Å². The van der Waals surface area contributed by atoms with Crippen LogP contribution in [0.25, 0.3) is 11.3 Å². The van der Waals surface area contributed by atoms with E-state index in [0.717, 1.165) is 18.4 Å². The van der Waals surface area contributed by atoms with E-state index in [2.05, 4.69) is 10.3 Å². The standard InChI is InChI=1S/C31H32F4N2O4/c1-17-13-19(7-12-24(17)41-21-10-11-21)28(38)36-16-30(39,29(2,3)4)25-14-22-23(31(33,34)35)15-40-27(22)26(37-25)18-5-8-20(32)9-6-18/h5-9,12-14,21,23,39H,10-11,15-16H2,1-4H3,(H,36,38)/t23-,30?/m1/s1. The number of benzene rings is 2. The normalized spacial score (nSPS) is 18.3. The van der Waals surface area contributed by atoms with Gasteiger partial charge in [-0.25, -0.2) is 9.37 Å². The quantitative estimate of drug-likeness (QED) is 0.319. The maximum absolute atomic E-state index is 14.0. The number of aromatic nitrogens is 1. The summed E-state index contributed by atoms with van der Waals surface area (Å²) in [6.07, 6.45) is -2.40. The maximum atomic E-state index is 14.0. The lowest BCUT2D eigenvalue weighted by Gasteiger charge is -2.40. The third-order valence-corrected chi connectivity index (χ3v) is 7.71. The van der Waals surface area contributed by atoms with Crippen molar-refractivity contribution in [3.05, 3.63) is 76.7 Å². The van der Waals surface area contributed by atoms with Crippen molar-refractivity contribution in [3.8, 4) is 22.8 Å². The third kappa shape index (κ3) is 5.75. The molecule has 2 N–H and O–H groups in total. The molecule has 1 aromatic heterocycles. The van der Waals surface area contributed by atoms with E-state index in [4.69, 9.17) is 9.47 Å². The van der Waals surface area contributed by atoms with Crippen LogP contribution in [0.2, 0.25) is 0 Å². The lowest BCUT2D eigenvalue weighted by atomic mass is 9.73. The Labute approximate surface area is 235 Å². The van der Waals surface area contributed by atoms with E-state index in [0.29, 0.717) is 16.9 Å². The van der Waals surface area contributed by atoms with Crippen LogP contribution in [0.1, 0.15) is 66.7 Å². The van der Waals surface area contributed by atoms with Crippen molar-refractivity contribution in [2.45, 2.75) is 64.3 Å². The minimum Gasteiger partial charge on any atom is -0.490 e. The Kier molecular flexibility index (Phi) is 7.26. The Balaban J connectivity index is 1.51. The number of hydrogen-bond donors (Lipinski definition) is 2. The van der Waals surface area contributed by atoms with Crippen LogP contribution in [-0.2, 0) is 5.60 Å². The molecule has 0 radical (unpaired) electrons. The Morgan fingerprint density at radius 1 is 1.10 bits per heavy atom. The van der Waals surface area contributed by atoms with E-state index in [1.807, 2.05) is 6.92 Å². The molecule has 6 nitrogen and oxygen atoms in total. The van der Waals surface area contributed by atoms with Crippen molar-refractivity contribution >= 4 is 5.91 Å². The maximum Gasteiger partial charge on any atom is 0.399 e. The molecule has 0 spiro atoms. The Morgan fingerprint density at radius 3 is 2.37 bits per heavy atom. The first-order chi connectivity index (χ1) is 19.2. The van der Waals surface area contributed by atoms with Crippen LogP contribution in [-0.4, -0.2) is 41.4 Å². The number of hydrogen-bond acceptors (Lipinski definition) is 5. The van der Waals surface area contributed by atoms with Gasteiger partial charge in [0.25, 0.3) is 5.91 Å². The summed E-state index contributed by atoms with van der Waals surface area (Å²) < 4.78 is 66.9. The molecule has 1 aliphatic heterocycles. The average Bonchev–Trinajstić information content (AvgIpc) is 3.61. The number of amides is 1. The van der Waals surface area contributed by atoms with Crippen molar-refractivity contribution in [1.29, 1.82) is 0 Å². The molecular weight excluding hydrogens is 540 g/mol. The number of pyridine rings is 1. The zero-order chi connectivity index (χ0) is 29.7. The van der Waals surface area contributed by atoms with Crippen LogP contribution in [0.15, 0.2) is 48.5 Å². The van der Waals surface area contributed by atoms with Crippen molar-refractivity contribution in [3.63, 3.8) is 0 Å². The van der Waals surface area contributed by atoms with Crippen LogP contribution < -0.4 is 14.8 Å². The number of fused-ring (bicyclic) bond motifs is 1. The second-order valence-electron chi connectivity index (χ2n) is 11.8. The largest absolute Gasteiger partial charge is 0.490 e. The van der Waals surface area contributed by atoms with Crippen LogP contribution in [0, 0.1) is 18.2 Å². The van der Waals surface area contributed by atoms with Gasteiger partial charge in [0.05, 0.1) is 18.3 Å². The summed E-state index contributed by atoms with van der Waals surface area (Å²) in [5.41, 5.74) is -1.58. The molecule has 2 heterocycles. The van der Waals surface area contributed by atoms with Crippen molar-refractivity contribution in [2.75, 3.05) is 13.2 Å². The molecule has 2 aliphatic rings. The number of nitrogens with one attached hydrogen (secondary N) is 1. The van der Waals surface area contributed by atoms with Crippen LogP contribution >= 0.6 is 0 Å². The first kappa shape index (κ1) is 28.9. The van der Waals surface area contributed by atoms with Crippen LogP contribution in [0.3, 0.4) is 0 Å². The van der Waals surface area contributed by atoms with Gasteiger partial charge in [-0.05, 0) is 79.3 Å². The molecule has 1 unspecified atom stereocenters. The van der Waals surface area contributed by atoms with E-state index in [1.54, 1.807) is 39.0 Å². The molecule has 218 valence electrons. The molecule has 1 amide bonds. The Hall–Kier alpha value is -3.66. The van der Waals surface area contributed by atoms with Crippen LogP contribution in [0.4, 0.5) is 17.6 Å². The molecule has 5 rings (SSSR count). The van der Waals surface area contributed by atoms with E-state index < -0.39 is 41.4 Å². The summed E-state index contributed by atoms with van der Waals surface area (Å²) in [4.78, 5) is 17.7. The molecule has 41 heavy (non-hydrogen) atoms. The summed E-state index contributed by atoms with van der Waals surface area (Å²) in [5, 5.41) is 14.8. The molecule has 10 heteroatoms. The van der Waals surface area contributed by atoms with Gasteiger partial charge in [-0.15, -0.1) is 0 Å². The molecular formula is C31H32F4N2O4. The lowest BCUT2D eigenvalue weighted by molar-refractivity contribution is -0.151. The molecule has 2 aromatic carbocycles. The Morgan fingerprint density at radius 2 is 1.78 bits per heavy atom. The summed E-state index contributed by atoms with van der Waals surface area (Å²) in [5.74, 6) is -2.28. The van der Waals surface area contributed by atoms with Gasteiger partial charge in [-0.3, -0.25) is 4.79 Å². The number of alkyl halides is 3. The molecule has 0 saturated heterocycles. The van der Waals surface area contributed by atoms with Gasteiger partial charge in [-0.2, -0.15) is 13.2 Å². The zero-order valence-electron chi connectivity index (χ0n) is 23.2. The van der Waals surface area contributed by atoms with Gasteiger partial charge < -0.3 is 19.9 Å². The van der Waals surface area contributed by atoms with E-state index >= 15 is 0 Å². The highest BCUT2D eigenvalue weighted by Gasteiger charge is 2.50. The highest BCUT2D eigenvalue weighted by Crippen LogP contribution is 2.50. The molecule has 0 bridgehead atoms. The fourth-order valence-electron chi connectivity index (χ4n) is 4.84. The number of carbonyl (C=O) groups is 1. The summed E-state index contributed by atoms with van der Waals surface area (Å²) in [6, 6.07) is 11.4. The first-order valence-corrected chi connectivity index (χ1v) is 13.5. The molecule has 3 aromatic rings. The van der Waals surface area contributed by atoms with Gasteiger partial charge in [0.2, 0.25) is 0 Å². The lowest BCUT2D eigenvalue weighted by Crippen LogP contribution is -2.50. The molecule has 2 atom stereocenters. The monoisotopic (exact) mass is 572 g/mol. The second-order valence-corrected chi connectivity index (χ2v) is 11.8. The number of aliphatic hydroxyl groups is 1. The number of carbonyl (C=O) groups excluding carboxylic acids is 1. The van der Waals surface area contributed by atoms with E-state index in [-0.39, 0.29) is 35.3 Å². The number of aryl methyl sites for hydroxylation is 1. The van der Waals surface area contributed by atoms with Crippen LogP contribution in [0.5, 0.6) is 11.5 Å². The zero-order valence-corrected chi connectivity index (χ0v) is 23.2. The van der Waals surface area contributed by atoms with E-state index in [9.17, 15) is 27.5 Å². The smallest absolute Gasteiger partial charge is 0.399 e. The van der Waals surface area contributed by atoms with Gasteiger partial charge in [0.15, 0.2) is 0 Å². The fraction of sp³-hybridized carbons (Fsp3) is 0.419. The van der Waals surface area contributed by atoms with Gasteiger partial charge in [0, 0.05) is 16.7 Å². The number of rotatable bonds is 7.